The molecule has 1 aromatic rings. The molecule has 11 heavy (non-hydrogen) atoms. The van der Waals surface area contributed by atoms with E-state index in [1.165, 1.54) is 0 Å². The van der Waals surface area contributed by atoms with Crippen molar-refractivity contribution in [3.63, 3.8) is 0 Å². The summed E-state index contributed by atoms with van der Waals surface area (Å²) in [5.74, 6) is 0. The first-order valence-electron chi connectivity index (χ1n) is 3.41. The van der Waals surface area contributed by atoms with E-state index >= 15 is 0 Å². The van der Waals surface area contributed by atoms with Gasteiger partial charge in [0.05, 0.1) is 11.6 Å². The smallest absolute Gasteiger partial charge is 0.0991 e. The highest BCUT2D eigenvalue weighted by atomic mass is 14.2. The first kappa shape index (κ1) is 7.56. The Morgan fingerprint density at radius 1 is 1.55 bits per heavy atom. The molecule has 0 radical (unpaired) electrons. The molecule has 0 atom stereocenters. The fourth-order valence-electron chi connectivity index (χ4n) is 0.974. The number of rotatable bonds is 1. The van der Waals surface area contributed by atoms with Crippen LogP contribution in [0.3, 0.4) is 0 Å². The van der Waals surface area contributed by atoms with Gasteiger partial charge in [-0.15, -0.1) is 0 Å². The first-order valence-corrected chi connectivity index (χ1v) is 3.41. The summed E-state index contributed by atoms with van der Waals surface area (Å²) >= 11 is 0. The van der Waals surface area contributed by atoms with Gasteiger partial charge in [-0.3, -0.25) is 0 Å². The number of aryl methyl sites for hydroxylation is 1. The average Bonchev–Trinajstić information content (AvgIpc) is 2.04. The molecule has 0 heterocycles. The lowest BCUT2D eigenvalue weighted by molar-refractivity contribution is 1.40. The molecule has 0 saturated heterocycles. The Hall–Kier alpha value is -1.55. The maximum absolute atomic E-state index is 8.55. The number of nitriles is 1. The molecule has 1 aromatic carbocycles. The molecule has 1 rings (SSSR count). The van der Waals surface area contributed by atoms with Crippen molar-refractivity contribution in [2.45, 2.75) is 6.92 Å². The van der Waals surface area contributed by atoms with Crippen LogP contribution in [-0.4, -0.2) is 0 Å². The van der Waals surface area contributed by atoms with Crippen LogP contribution >= 0.6 is 0 Å². The van der Waals surface area contributed by atoms with Gasteiger partial charge in [0, 0.05) is 0 Å². The van der Waals surface area contributed by atoms with Gasteiger partial charge in [-0.2, -0.15) is 5.26 Å². The molecule has 0 unspecified atom stereocenters. The van der Waals surface area contributed by atoms with Crippen LogP contribution in [-0.2, 0) is 0 Å². The lowest BCUT2D eigenvalue weighted by Crippen LogP contribution is -1.81. The van der Waals surface area contributed by atoms with Crippen molar-refractivity contribution in [1.82, 2.24) is 0 Å². The maximum atomic E-state index is 8.55. The van der Waals surface area contributed by atoms with E-state index in [0.29, 0.717) is 5.56 Å². The molecule has 0 aliphatic carbocycles. The second-order valence-corrected chi connectivity index (χ2v) is 2.39. The molecular formula is C10H9N. The number of benzene rings is 1. The van der Waals surface area contributed by atoms with Gasteiger partial charge in [-0.25, -0.2) is 0 Å². The Kier molecular flexibility index (Phi) is 2.08. The molecule has 54 valence electrons. The standard InChI is InChI=1S/C10H9N/c1-3-10-5-4-9(7-11)6-8(10)2/h3-6H,1H2,2H3. The monoisotopic (exact) mass is 143 g/mol. The molecule has 0 saturated carbocycles. The van der Waals surface area contributed by atoms with Gasteiger partial charge < -0.3 is 0 Å². The molecule has 0 N–H and O–H groups in total. The first-order chi connectivity index (χ1) is 5.27. The van der Waals surface area contributed by atoms with Crippen LogP contribution in [0.15, 0.2) is 24.8 Å². The van der Waals surface area contributed by atoms with E-state index in [9.17, 15) is 0 Å². The third-order valence-corrected chi connectivity index (χ3v) is 1.62. The largest absolute Gasteiger partial charge is 0.192 e. The van der Waals surface area contributed by atoms with Gasteiger partial charge in [-0.1, -0.05) is 18.7 Å². The highest BCUT2D eigenvalue weighted by molar-refractivity contribution is 5.53. The molecule has 0 aliphatic heterocycles. The molecule has 0 fully saturated rings. The van der Waals surface area contributed by atoms with E-state index in [1.807, 2.05) is 19.1 Å². The van der Waals surface area contributed by atoms with Crippen LogP contribution in [0.5, 0.6) is 0 Å². The summed E-state index contributed by atoms with van der Waals surface area (Å²) in [5, 5.41) is 8.55. The molecule has 0 aliphatic rings. The van der Waals surface area contributed by atoms with Crippen molar-refractivity contribution >= 4 is 6.08 Å². The van der Waals surface area contributed by atoms with Crippen molar-refractivity contribution in [2.75, 3.05) is 0 Å². The number of hydrogen-bond donors (Lipinski definition) is 0. The molecule has 0 spiro atoms. The summed E-state index contributed by atoms with van der Waals surface area (Å²) in [7, 11) is 0. The fraction of sp³-hybridized carbons (Fsp3) is 0.100. The van der Waals surface area contributed by atoms with Gasteiger partial charge in [0.25, 0.3) is 0 Å². The van der Waals surface area contributed by atoms with Crippen LogP contribution in [0.25, 0.3) is 6.08 Å². The Morgan fingerprint density at radius 3 is 2.73 bits per heavy atom. The van der Waals surface area contributed by atoms with Crippen molar-refractivity contribution < 1.29 is 0 Å². The van der Waals surface area contributed by atoms with E-state index < -0.39 is 0 Å². The summed E-state index contributed by atoms with van der Waals surface area (Å²) in [5.41, 5.74) is 2.89. The predicted octanol–water partition coefficient (Wildman–Crippen LogP) is 2.51. The summed E-state index contributed by atoms with van der Waals surface area (Å²) in [4.78, 5) is 0. The van der Waals surface area contributed by atoms with Crippen LogP contribution in [0.4, 0.5) is 0 Å². The van der Waals surface area contributed by atoms with Gasteiger partial charge in [0.2, 0.25) is 0 Å². The average molecular weight is 143 g/mol. The molecular weight excluding hydrogens is 134 g/mol. The highest BCUT2D eigenvalue weighted by Crippen LogP contribution is 2.10. The van der Waals surface area contributed by atoms with E-state index in [2.05, 4.69) is 12.6 Å². The minimum Gasteiger partial charge on any atom is -0.192 e. The SMILES string of the molecule is C=Cc1ccc(C#N)cc1C. The zero-order chi connectivity index (χ0) is 8.27. The zero-order valence-corrected chi connectivity index (χ0v) is 6.46. The van der Waals surface area contributed by atoms with Crippen LogP contribution in [0.2, 0.25) is 0 Å². The summed E-state index contributed by atoms with van der Waals surface area (Å²) in [6.07, 6.45) is 1.79. The van der Waals surface area contributed by atoms with Crippen molar-refractivity contribution in [3.8, 4) is 6.07 Å². The van der Waals surface area contributed by atoms with E-state index in [-0.39, 0.29) is 0 Å². The van der Waals surface area contributed by atoms with Crippen LogP contribution < -0.4 is 0 Å². The van der Waals surface area contributed by atoms with Crippen LogP contribution in [0.1, 0.15) is 16.7 Å². The van der Waals surface area contributed by atoms with Crippen LogP contribution in [0, 0.1) is 18.3 Å². The van der Waals surface area contributed by atoms with Gasteiger partial charge >= 0.3 is 0 Å². The fourth-order valence-corrected chi connectivity index (χ4v) is 0.974. The Bertz CT molecular complexity index is 318. The third-order valence-electron chi connectivity index (χ3n) is 1.62. The summed E-state index contributed by atoms with van der Waals surface area (Å²) in [6, 6.07) is 7.64. The summed E-state index contributed by atoms with van der Waals surface area (Å²) < 4.78 is 0. The summed E-state index contributed by atoms with van der Waals surface area (Å²) in [6.45, 7) is 5.63. The van der Waals surface area contributed by atoms with Gasteiger partial charge in [0.1, 0.15) is 0 Å². The molecule has 1 nitrogen and oxygen atoms in total. The van der Waals surface area contributed by atoms with E-state index in [1.54, 1.807) is 12.1 Å². The molecule has 0 aromatic heterocycles. The Balaban J connectivity index is 3.22. The molecule has 0 amide bonds. The lowest BCUT2D eigenvalue weighted by atomic mass is 10.1. The number of nitrogens with zero attached hydrogens (tertiary/aromatic N) is 1. The van der Waals surface area contributed by atoms with Crippen molar-refractivity contribution in [3.05, 3.63) is 41.5 Å². The lowest BCUT2D eigenvalue weighted by Gasteiger charge is -1.98. The molecule has 0 bridgehead atoms. The quantitative estimate of drug-likeness (QED) is 0.592. The number of hydrogen-bond acceptors (Lipinski definition) is 1. The van der Waals surface area contributed by atoms with Crippen molar-refractivity contribution in [1.29, 1.82) is 5.26 Å². The Labute approximate surface area is 66.6 Å². The second-order valence-electron chi connectivity index (χ2n) is 2.39. The van der Waals surface area contributed by atoms with Gasteiger partial charge in [0.15, 0.2) is 0 Å². The molecule has 1 heteroatoms. The van der Waals surface area contributed by atoms with E-state index in [0.717, 1.165) is 11.1 Å². The third kappa shape index (κ3) is 1.47. The predicted molar refractivity (Wildman–Crippen MR) is 46.0 cm³/mol. The second kappa shape index (κ2) is 3.03. The normalized spacial score (nSPS) is 8.73. The maximum Gasteiger partial charge on any atom is 0.0991 e. The minimum atomic E-state index is 0.702. The Morgan fingerprint density at radius 2 is 2.27 bits per heavy atom. The van der Waals surface area contributed by atoms with Crippen molar-refractivity contribution in [2.24, 2.45) is 0 Å². The minimum absolute atomic E-state index is 0.702. The topological polar surface area (TPSA) is 23.8 Å². The highest BCUT2D eigenvalue weighted by Gasteiger charge is 1.94. The van der Waals surface area contributed by atoms with E-state index in [4.69, 9.17) is 5.26 Å². The van der Waals surface area contributed by atoms with Gasteiger partial charge in [-0.05, 0) is 30.2 Å². The zero-order valence-electron chi connectivity index (χ0n) is 6.46.